The van der Waals surface area contributed by atoms with Crippen molar-refractivity contribution in [2.24, 2.45) is 0 Å². The summed E-state index contributed by atoms with van der Waals surface area (Å²) in [5.74, 6) is 2.09. The number of benzene rings is 1. The average Bonchev–Trinajstić information content (AvgIpc) is 2.50. The monoisotopic (exact) mass is 286 g/mol. The molecule has 1 aromatic heterocycles. The number of hydrogen-bond acceptors (Lipinski definition) is 5. The Balaban J connectivity index is 2.03. The van der Waals surface area contributed by atoms with E-state index >= 15 is 0 Å². The Labute approximate surface area is 125 Å². The van der Waals surface area contributed by atoms with Crippen molar-refractivity contribution in [2.45, 2.75) is 20.3 Å². The van der Waals surface area contributed by atoms with Crippen molar-refractivity contribution in [2.75, 3.05) is 30.8 Å². The Kier molecular flexibility index (Phi) is 5.37. The van der Waals surface area contributed by atoms with Crippen LogP contribution >= 0.6 is 0 Å². The minimum atomic E-state index is 0.657. The topological polar surface area (TPSA) is 59.1 Å². The first-order chi connectivity index (χ1) is 10.3. The lowest BCUT2D eigenvalue weighted by Gasteiger charge is -2.13. The van der Waals surface area contributed by atoms with Gasteiger partial charge in [-0.25, -0.2) is 9.97 Å². The molecule has 0 aliphatic carbocycles. The van der Waals surface area contributed by atoms with E-state index in [0.29, 0.717) is 11.6 Å². The molecule has 0 atom stereocenters. The van der Waals surface area contributed by atoms with Gasteiger partial charge in [-0.1, -0.05) is 24.3 Å². The molecule has 0 bridgehead atoms. The third kappa shape index (κ3) is 3.84. The van der Waals surface area contributed by atoms with Gasteiger partial charge in [0, 0.05) is 13.1 Å². The predicted molar refractivity (Wildman–Crippen MR) is 86.1 cm³/mol. The van der Waals surface area contributed by atoms with Gasteiger partial charge >= 0.3 is 0 Å². The molecule has 2 aromatic rings. The van der Waals surface area contributed by atoms with Crippen LogP contribution in [0.25, 0.3) is 0 Å². The summed E-state index contributed by atoms with van der Waals surface area (Å²) < 4.78 is 5.41. The Morgan fingerprint density at radius 2 is 1.81 bits per heavy atom. The molecule has 2 rings (SSSR count). The quantitative estimate of drug-likeness (QED) is 0.819. The van der Waals surface area contributed by atoms with E-state index < -0.39 is 0 Å². The number of hydrogen-bond donors (Lipinski definition) is 2. The van der Waals surface area contributed by atoms with Crippen molar-refractivity contribution in [1.82, 2.24) is 9.97 Å². The summed E-state index contributed by atoms with van der Waals surface area (Å²) in [6.07, 6.45) is 2.48. The number of methoxy groups -OCH3 is 1. The Morgan fingerprint density at radius 1 is 1.10 bits per heavy atom. The Bertz CT molecular complexity index is 586. The largest absolute Gasteiger partial charge is 0.490 e. The van der Waals surface area contributed by atoms with Gasteiger partial charge in [-0.2, -0.15) is 0 Å². The molecule has 112 valence electrons. The molecule has 0 aliphatic rings. The van der Waals surface area contributed by atoms with Gasteiger partial charge in [0.15, 0.2) is 11.6 Å². The van der Waals surface area contributed by atoms with Crippen LogP contribution in [0.1, 0.15) is 18.1 Å². The fraction of sp³-hybridized carbons (Fsp3) is 0.375. The smallest absolute Gasteiger partial charge is 0.204 e. The van der Waals surface area contributed by atoms with Crippen LogP contribution in [0, 0.1) is 6.92 Å². The molecule has 2 N–H and O–H groups in total. The van der Waals surface area contributed by atoms with Crippen molar-refractivity contribution in [3.8, 4) is 5.75 Å². The minimum absolute atomic E-state index is 0.657. The van der Waals surface area contributed by atoms with Crippen molar-refractivity contribution >= 4 is 11.6 Å². The van der Waals surface area contributed by atoms with E-state index in [4.69, 9.17) is 4.74 Å². The van der Waals surface area contributed by atoms with E-state index in [1.54, 1.807) is 7.11 Å². The lowest BCUT2D eigenvalue weighted by molar-refractivity contribution is 0.414. The highest BCUT2D eigenvalue weighted by molar-refractivity contribution is 5.63. The summed E-state index contributed by atoms with van der Waals surface area (Å²) in [7, 11) is 1.63. The fourth-order valence-corrected chi connectivity index (χ4v) is 2.19. The maximum Gasteiger partial charge on any atom is 0.204 e. The lowest BCUT2D eigenvalue weighted by Crippen LogP contribution is -2.11. The summed E-state index contributed by atoms with van der Waals surface area (Å²) in [5, 5.41) is 6.49. The number of aromatic nitrogens is 2. The van der Waals surface area contributed by atoms with Crippen LogP contribution in [0.5, 0.6) is 5.75 Å². The molecule has 5 heteroatoms. The van der Waals surface area contributed by atoms with Gasteiger partial charge in [-0.15, -0.1) is 0 Å². The highest BCUT2D eigenvalue weighted by atomic mass is 16.5. The van der Waals surface area contributed by atoms with E-state index in [1.165, 1.54) is 17.5 Å². The lowest BCUT2D eigenvalue weighted by atomic mass is 10.1. The molecule has 1 heterocycles. The van der Waals surface area contributed by atoms with Gasteiger partial charge < -0.3 is 15.4 Å². The number of aryl methyl sites for hydroxylation is 1. The van der Waals surface area contributed by atoms with E-state index in [-0.39, 0.29) is 0 Å². The molecule has 0 amide bonds. The maximum atomic E-state index is 5.41. The molecule has 1 aromatic carbocycles. The highest BCUT2D eigenvalue weighted by Crippen LogP contribution is 2.28. The zero-order valence-corrected chi connectivity index (χ0v) is 12.8. The summed E-state index contributed by atoms with van der Waals surface area (Å²) in [4.78, 5) is 8.45. The van der Waals surface area contributed by atoms with Gasteiger partial charge in [0.05, 0.1) is 7.11 Å². The molecule has 0 unspecified atom stereocenters. The summed E-state index contributed by atoms with van der Waals surface area (Å²) >= 11 is 0. The zero-order valence-electron chi connectivity index (χ0n) is 12.8. The van der Waals surface area contributed by atoms with Crippen molar-refractivity contribution in [1.29, 1.82) is 0 Å². The van der Waals surface area contributed by atoms with Gasteiger partial charge in [0.25, 0.3) is 0 Å². The first-order valence-electron chi connectivity index (χ1n) is 7.17. The molecule has 5 nitrogen and oxygen atoms in total. The van der Waals surface area contributed by atoms with Crippen LogP contribution in [0.2, 0.25) is 0 Å². The minimum Gasteiger partial charge on any atom is -0.490 e. The zero-order chi connectivity index (χ0) is 15.1. The van der Waals surface area contributed by atoms with Crippen LogP contribution in [0.15, 0.2) is 30.6 Å². The predicted octanol–water partition coefficient (Wildman–Crippen LogP) is 2.88. The van der Waals surface area contributed by atoms with Gasteiger partial charge in [-0.3, -0.25) is 0 Å². The molecule has 0 fully saturated rings. The third-order valence-electron chi connectivity index (χ3n) is 3.30. The molecule has 0 radical (unpaired) electrons. The van der Waals surface area contributed by atoms with Crippen molar-refractivity contribution < 1.29 is 4.74 Å². The second-order valence-electron chi connectivity index (χ2n) is 4.74. The van der Waals surface area contributed by atoms with Crippen LogP contribution in [0.3, 0.4) is 0 Å². The molecule has 0 saturated carbocycles. The van der Waals surface area contributed by atoms with Crippen LogP contribution < -0.4 is 15.4 Å². The second-order valence-corrected chi connectivity index (χ2v) is 4.74. The SMILES string of the molecule is CCNc1ncnc(NCCc2ccccc2C)c1OC. The summed E-state index contributed by atoms with van der Waals surface area (Å²) in [5.41, 5.74) is 2.65. The highest BCUT2D eigenvalue weighted by Gasteiger charge is 2.11. The van der Waals surface area contributed by atoms with E-state index in [0.717, 1.165) is 25.3 Å². The molecule has 0 spiro atoms. The van der Waals surface area contributed by atoms with Crippen LogP contribution in [-0.4, -0.2) is 30.2 Å². The second kappa shape index (κ2) is 7.47. The molecule has 0 saturated heterocycles. The van der Waals surface area contributed by atoms with E-state index in [9.17, 15) is 0 Å². The standard InChI is InChI=1S/C16H22N4O/c1-4-17-15-14(21-3)16(20-11-19-15)18-10-9-13-8-6-5-7-12(13)2/h5-8,11H,4,9-10H2,1-3H3,(H2,17,18,19,20). The molecular formula is C16H22N4O. The first-order valence-corrected chi connectivity index (χ1v) is 7.17. The third-order valence-corrected chi connectivity index (χ3v) is 3.30. The number of anilines is 2. The molecule has 0 aliphatic heterocycles. The maximum absolute atomic E-state index is 5.41. The summed E-state index contributed by atoms with van der Waals surface area (Å²) in [6, 6.07) is 8.40. The normalized spacial score (nSPS) is 10.2. The number of nitrogens with one attached hydrogen (secondary N) is 2. The summed E-state index contributed by atoms with van der Waals surface area (Å²) in [6.45, 7) is 5.73. The Morgan fingerprint density at radius 3 is 2.48 bits per heavy atom. The van der Waals surface area contributed by atoms with Gasteiger partial charge in [0.1, 0.15) is 6.33 Å². The molecular weight excluding hydrogens is 264 g/mol. The van der Waals surface area contributed by atoms with E-state index in [2.05, 4.69) is 51.8 Å². The average molecular weight is 286 g/mol. The van der Waals surface area contributed by atoms with Crippen molar-refractivity contribution in [3.05, 3.63) is 41.7 Å². The first kappa shape index (κ1) is 15.1. The van der Waals surface area contributed by atoms with Crippen molar-refractivity contribution in [3.63, 3.8) is 0 Å². The molecule has 21 heavy (non-hydrogen) atoms. The van der Waals surface area contributed by atoms with E-state index in [1.807, 2.05) is 6.92 Å². The fourth-order valence-electron chi connectivity index (χ4n) is 2.19. The van der Waals surface area contributed by atoms with Gasteiger partial charge in [0.2, 0.25) is 5.75 Å². The van der Waals surface area contributed by atoms with Crippen LogP contribution in [0.4, 0.5) is 11.6 Å². The van der Waals surface area contributed by atoms with Crippen LogP contribution in [-0.2, 0) is 6.42 Å². The number of nitrogens with zero attached hydrogens (tertiary/aromatic N) is 2. The number of rotatable bonds is 7. The Hall–Kier alpha value is -2.30. The van der Waals surface area contributed by atoms with Gasteiger partial charge in [-0.05, 0) is 31.4 Å². The number of ether oxygens (including phenoxy) is 1.